The molecular formula is C16H24ClN. The van der Waals surface area contributed by atoms with Crippen LogP contribution in [0.4, 0.5) is 0 Å². The SMILES string of the molecule is ClCCC1CCCN(CCCc2ccccc2)C1. The van der Waals surface area contributed by atoms with Crippen molar-refractivity contribution in [3.8, 4) is 0 Å². The molecule has 0 spiro atoms. The zero-order valence-corrected chi connectivity index (χ0v) is 11.9. The third-order valence-electron chi connectivity index (χ3n) is 3.90. The number of halogens is 1. The maximum atomic E-state index is 5.85. The molecule has 0 radical (unpaired) electrons. The fourth-order valence-electron chi connectivity index (χ4n) is 2.90. The van der Waals surface area contributed by atoms with E-state index in [9.17, 15) is 0 Å². The molecule has 1 aromatic carbocycles. The second-order valence-electron chi connectivity index (χ2n) is 5.38. The first-order valence-corrected chi connectivity index (χ1v) is 7.74. The van der Waals surface area contributed by atoms with Gasteiger partial charge in [-0.25, -0.2) is 0 Å². The van der Waals surface area contributed by atoms with Crippen molar-refractivity contribution in [1.29, 1.82) is 0 Å². The van der Waals surface area contributed by atoms with Crippen molar-refractivity contribution in [1.82, 2.24) is 4.90 Å². The highest BCUT2D eigenvalue weighted by Gasteiger charge is 2.18. The number of alkyl halides is 1. The summed E-state index contributed by atoms with van der Waals surface area (Å²) in [6.07, 6.45) is 6.40. The van der Waals surface area contributed by atoms with E-state index in [0.717, 1.165) is 11.8 Å². The Bertz CT molecular complexity index is 323. The summed E-state index contributed by atoms with van der Waals surface area (Å²) in [5, 5.41) is 0. The average Bonchev–Trinajstić information content (AvgIpc) is 2.41. The van der Waals surface area contributed by atoms with Gasteiger partial charge in [0.1, 0.15) is 0 Å². The molecule has 0 N–H and O–H groups in total. The first-order chi connectivity index (χ1) is 8.88. The Hall–Kier alpha value is -0.530. The molecule has 2 heteroatoms. The van der Waals surface area contributed by atoms with Crippen LogP contribution in [0.3, 0.4) is 0 Å². The summed E-state index contributed by atoms with van der Waals surface area (Å²) in [5.41, 5.74) is 1.46. The third kappa shape index (κ3) is 4.62. The summed E-state index contributed by atoms with van der Waals surface area (Å²) >= 11 is 5.85. The van der Waals surface area contributed by atoms with Gasteiger partial charge in [0.25, 0.3) is 0 Å². The van der Waals surface area contributed by atoms with Crippen molar-refractivity contribution in [2.75, 3.05) is 25.5 Å². The Morgan fingerprint density at radius 2 is 2.06 bits per heavy atom. The Balaban J connectivity index is 1.67. The molecular weight excluding hydrogens is 242 g/mol. The van der Waals surface area contributed by atoms with E-state index in [4.69, 9.17) is 11.6 Å². The predicted molar refractivity (Wildman–Crippen MR) is 79.3 cm³/mol. The average molecular weight is 266 g/mol. The van der Waals surface area contributed by atoms with E-state index in [1.807, 2.05) is 0 Å². The van der Waals surface area contributed by atoms with Crippen molar-refractivity contribution in [3.63, 3.8) is 0 Å². The summed E-state index contributed by atoms with van der Waals surface area (Å²) in [4.78, 5) is 2.63. The van der Waals surface area contributed by atoms with Crippen molar-refractivity contribution in [3.05, 3.63) is 35.9 Å². The van der Waals surface area contributed by atoms with Gasteiger partial charge in [0.2, 0.25) is 0 Å². The van der Waals surface area contributed by atoms with Gasteiger partial charge in [-0.2, -0.15) is 0 Å². The molecule has 1 heterocycles. The van der Waals surface area contributed by atoms with Crippen LogP contribution < -0.4 is 0 Å². The number of rotatable bonds is 6. The van der Waals surface area contributed by atoms with Crippen LogP contribution in [-0.4, -0.2) is 30.4 Å². The monoisotopic (exact) mass is 265 g/mol. The van der Waals surface area contributed by atoms with E-state index in [1.165, 1.54) is 57.3 Å². The molecule has 1 saturated heterocycles. The van der Waals surface area contributed by atoms with E-state index in [1.54, 1.807) is 0 Å². The van der Waals surface area contributed by atoms with Gasteiger partial charge in [-0.3, -0.25) is 0 Å². The zero-order valence-electron chi connectivity index (χ0n) is 11.2. The quantitative estimate of drug-likeness (QED) is 0.704. The largest absolute Gasteiger partial charge is 0.303 e. The van der Waals surface area contributed by atoms with E-state index in [0.29, 0.717) is 0 Å². The van der Waals surface area contributed by atoms with Gasteiger partial charge in [0.15, 0.2) is 0 Å². The Kier molecular flexibility index (Phi) is 6.02. The molecule has 0 aromatic heterocycles. The van der Waals surface area contributed by atoms with Crippen LogP contribution in [0.5, 0.6) is 0 Å². The Morgan fingerprint density at radius 1 is 1.22 bits per heavy atom. The molecule has 18 heavy (non-hydrogen) atoms. The number of hydrogen-bond acceptors (Lipinski definition) is 1. The lowest BCUT2D eigenvalue weighted by atomic mass is 9.95. The van der Waals surface area contributed by atoms with Gasteiger partial charge in [-0.15, -0.1) is 11.6 Å². The Labute approximate surface area is 116 Å². The van der Waals surface area contributed by atoms with E-state index >= 15 is 0 Å². The number of nitrogens with zero attached hydrogens (tertiary/aromatic N) is 1. The zero-order chi connectivity index (χ0) is 12.6. The van der Waals surface area contributed by atoms with Gasteiger partial charge in [0.05, 0.1) is 0 Å². The van der Waals surface area contributed by atoms with Crippen molar-refractivity contribution in [2.45, 2.75) is 32.1 Å². The van der Waals surface area contributed by atoms with Crippen LogP contribution in [-0.2, 0) is 6.42 Å². The van der Waals surface area contributed by atoms with Crippen LogP contribution in [0.1, 0.15) is 31.2 Å². The van der Waals surface area contributed by atoms with Crippen molar-refractivity contribution in [2.24, 2.45) is 5.92 Å². The highest BCUT2D eigenvalue weighted by Crippen LogP contribution is 2.20. The molecule has 0 bridgehead atoms. The van der Waals surface area contributed by atoms with Crippen LogP contribution in [0.2, 0.25) is 0 Å². The second-order valence-corrected chi connectivity index (χ2v) is 5.75. The van der Waals surface area contributed by atoms with E-state index < -0.39 is 0 Å². The van der Waals surface area contributed by atoms with Gasteiger partial charge in [0, 0.05) is 12.4 Å². The summed E-state index contributed by atoms with van der Waals surface area (Å²) in [6.45, 7) is 3.79. The fourth-order valence-corrected chi connectivity index (χ4v) is 3.20. The molecule has 0 aliphatic carbocycles. The van der Waals surface area contributed by atoms with Gasteiger partial charge < -0.3 is 4.90 Å². The highest BCUT2D eigenvalue weighted by molar-refractivity contribution is 6.17. The summed E-state index contributed by atoms with van der Waals surface area (Å²) in [7, 11) is 0. The number of aryl methyl sites for hydroxylation is 1. The standard InChI is InChI=1S/C16H24ClN/c17-11-10-16-9-5-13-18(14-16)12-4-8-15-6-2-1-3-7-15/h1-3,6-7,16H,4-5,8-14H2. The number of benzene rings is 1. The molecule has 100 valence electrons. The highest BCUT2D eigenvalue weighted by atomic mass is 35.5. The maximum Gasteiger partial charge on any atom is 0.0226 e. The first-order valence-electron chi connectivity index (χ1n) is 7.20. The summed E-state index contributed by atoms with van der Waals surface area (Å²) < 4.78 is 0. The smallest absolute Gasteiger partial charge is 0.0226 e. The topological polar surface area (TPSA) is 3.24 Å². The molecule has 1 nitrogen and oxygen atoms in total. The fraction of sp³-hybridized carbons (Fsp3) is 0.625. The van der Waals surface area contributed by atoms with Gasteiger partial charge >= 0.3 is 0 Å². The predicted octanol–water partition coefficient (Wildman–Crippen LogP) is 3.96. The molecule has 1 fully saturated rings. The summed E-state index contributed by atoms with van der Waals surface area (Å²) in [5.74, 6) is 1.66. The maximum absolute atomic E-state index is 5.85. The molecule has 2 rings (SSSR count). The van der Waals surface area contributed by atoms with Gasteiger partial charge in [-0.05, 0) is 56.7 Å². The van der Waals surface area contributed by atoms with E-state index in [2.05, 4.69) is 35.2 Å². The lowest BCUT2D eigenvalue weighted by molar-refractivity contribution is 0.171. The number of piperidine rings is 1. The molecule has 1 aliphatic heterocycles. The molecule has 1 unspecified atom stereocenters. The van der Waals surface area contributed by atoms with Gasteiger partial charge in [-0.1, -0.05) is 30.3 Å². The minimum Gasteiger partial charge on any atom is -0.303 e. The lowest BCUT2D eigenvalue weighted by Crippen LogP contribution is -2.36. The molecule has 1 atom stereocenters. The van der Waals surface area contributed by atoms with Crippen molar-refractivity contribution >= 4 is 11.6 Å². The molecule has 1 aliphatic rings. The molecule has 0 saturated carbocycles. The Morgan fingerprint density at radius 3 is 2.83 bits per heavy atom. The van der Waals surface area contributed by atoms with Crippen LogP contribution in [0.15, 0.2) is 30.3 Å². The number of likely N-dealkylation sites (tertiary alicyclic amines) is 1. The summed E-state index contributed by atoms with van der Waals surface area (Å²) in [6, 6.07) is 10.8. The second kappa shape index (κ2) is 7.81. The minimum atomic E-state index is 0.822. The molecule has 1 aromatic rings. The first kappa shape index (κ1) is 13.9. The third-order valence-corrected chi connectivity index (χ3v) is 4.12. The van der Waals surface area contributed by atoms with Crippen molar-refractivity contribution < 1.29 is 0 Å². The van der Waals surface area contributed by atoms with E-state index in [-0.39, 0.29) is 0 Å². The lowest BCUT2D eigenvalue weighted by Gasteiger charge is -2.32. The normalized spacial score (nSPS) is 21.1. The minimum absolute atomic E-state index is 0.822. The van der Waals surface area contributed by atoms with Crippen LogP contribution in [0, 0.1) is 5.92 Å². The van der Waals surface area contributed by atoms with Crippen LogP contribution >= 0.6 is 11.6 Å². The molecule has 0 amide bonds. The number of hydrogen-bond donors (Lipinski definition) is 0. The van der Waals surface area contributed by atoms with Crippen LogP contribution in [0.25, 0.3) is 0 Å².